The molecule has 1 saturated heterocycles. The number of benzene rings is 2. The maximum atomic E-state index is 12.5. The summed E-state index contributed by atoms with van der Waals surface area (Å²) in [5.74, 6) is 0.756. The Morgan fingerprint density at radius 3 is 2.32 bits per heavy atom. The van der Waals surface area contributed by atoms with Gasteiger partial charge in [0.15, 0.2) is 0 Å². The molecule has 6 nitrogen and oxygen atoms in total. The summed E-state index contributed by atoms with van der Waals surface area (Å²) in [5.41, 5.74) is 0.633. The zero-order valence-electron chi connectivity index (χ0n) is 15.6. The highest BCUT2D eigenvalue weighted by molar-refractivity contribution is 6.30. The Hall–Kier alpha value is -2.57. The Balaban J connectivity index is 1.34. The fourth-order valence-electron chi connectivity index (χ4n) is 3.02. The van der Waals surface area contributed by atoms with Crippen LogP contribution in [0.3, 0.4) is 0 Å². The maximum Gasteiger partial charge on any atom is 0.253 e. The van der Waals surface area contributed by atoms with Crippen LogP contribution in [0.15, 0.2) is 54.6 Å². The van der Waals surface area contributed by atoms with E-state index in [0.29, 0.717) is 56.5 Å². The summed E-state index contributed by atoms with van der Waals surface area (Å²) in [7, 11) is 0. The molecule has 7 heteroatoms. The van der Waals surface area contributed by atoms with Crippen LogP contribution in [-0.2, 0) is 4.79 Å². The lowest BCUT2D eigenvalue weighted by Gasteiger charge is -2.34. The third-order valence-corrected chi connectivity index (χ3v) is 4.81. The molecule has 0 spiro atoms. The molecule has 2 aromatic rings. The van der Waals surface area contributed by atoms with Crippen molar-refractivity contribution in [1.29, 1.82) is 0 Å². The average molecular weight is 402 g/mol. The fraction of sp³-hybridized carbons (Fsp3) is 0.333. The SMILES string of the molecule is O=C(CN1CCN(C(=O)c2ccc(Cl)cc2)CC1)NCCOc1ccccc1. The highest BCUT2D eigenvalue weighted by Gasteiger charge is 2.23. The van der Waals surface area contributed by atoms with E-state index < -0.39 is 0 Å². The van der Waals surface area contributed by atoms with Crippen LogP contribution in [-0.4, -0.2) is 67.5 Å². The molecule has 0 unspecified atom stereocenters. The number of piperazine rings is 1. The van der Waals surface area contributed by atoms with Crippen LogP contribution in [0.4, 0.5) is 0 Å². The highest BCUT2D eigenvalue weighted by atomic mass is 35.5. The Morgan fingerprint density at radius 2 is 1.64 bits per heavy atom. The Bertz CT molecular complexity index is 775. The van der Waals surface area contributed by atoms with Crippen LogP contribution >= 0.6 is 11.6 Å². The molecule has 0 radical (unpaired) electrons. The van der Waals surface area contributed by atoms with Gasteiger partial charge in [-0.3, -0.25) is 14.5 Å². The van der Waals surface area contributed by atoms with Gasteiger partial charge in [-0.1, -0.05) is 29.8 Å². The van der Waals surface area contributed by atoms with Gasteiger partial charge in [-0.2, -0.15) is 0 Å². The van der Waals surface area contributed by atoms with E-state index in [0.717, 1.165) is 5.75 Å². The van der Waals surface area contributed by atoms with Crippen LogP contribution in [0, 0.1) is 0 Å². The second kappa shape index (κ2) is 10.1. The van der Waals surface area contributed by atoms with Crippen LogP contribution in [0.2, 0.25) is 5.02 Å². The topological polar surface area (TPSA) is 61.9 Å². The zero-order chi connectivity index (χ0) is 19.8. The first-order valence-electron chi connectivity index (χ1n) is 9.33. The fourth-order valence-corrected chi connectivity index (χ4v) is 3.15. The summed E-state index contributed by atoms with van der Waals surface area (Å²) < 4.78 is 5.56. The van der Waals surface area contributed by atoms with Crippen LogP contribution in [0.1, 0.15) is 10.4 Å². The van der Waals surface area contributed by atoms with E-state index in [1.54, 1.807) is 24.3 Å². The number of carbonyl (C=O) groups excluding carboxylic acids is 2. The van der Waals surface area contributed by atoms with Crippen molar-refractivity contribution in [3.63, 3.8) is 0 Å². The van der Waals surface area contributed by atoms with Gasteiger partial charge in [-0.15, -0.1) is 0 Å². The van der Waals surface area contributed by atoms with Gasteiger partial charge in [0.05, 0.1) is 13.1 Å². The average Bonchev–Trinajstić information content (AvgIpc) is 2.73. The predicted octanol–water partition coefficient (Wildman–Crippen LogP) is 2.29. The molecule has 0 aliphatic carbocycles. The van der Waals surface area contributed by atoms with E-state index in [1.807, 2.05) is 35.2 Å². The second-order valence-corrected chi connectivity index (χ2v) is 7.02. The van der Waals surface area contributed by atoms with E-state index >= 15 is 0 Å². The lowest BCUT2D eigenvalue weighted by Crippen LogP contribution is -2.51. The number of hydrogen-bond donors (Lipinski definition) is 1. The molecular weight excluding hydrogens is 378 g/mol. The van der Waals surface area contributed by atoms with Gasteiger partial charge in [0.2, 0.25) is 5.91 Å². The molecule has 2 aromatic carbocycles. The highest BCUT2D eigenvalue weighted by Crippen LogP contribution is 2.13. The van der Waals surface area contributed by atoms with Crippen molar-refractivity contribution in [2.24, 2.45) is 0 Å². The summed E-state index contributed by atoms with van der Waals surface area (Å²) >= 11 is 5.87. The van der Waals surface area contributed by atoms with Crippen LogP contribution in [0.5, 0.6) is 5.75 Å². The molecule has 3 rings (SSSR count). The minimum Gasteiger partial charge on any atom is -0.492 e. The standard InChI is InChI=1S/C21H24ClN3O3/c22-18-8-6-17(7-9-18)21(27)25-13-11-24(12-14-25)16-20(26)23-10-15-28-19-4-2-1-3-5-19/h1-9H,10-16H2,(H,23,26). The number of carbonyl (C=O) groups is 2. The molecule has 1 N–H and O–H groups in total. The normalized spacial score (nSPS) is 14.5. The number of para-hydroxylation sites is 1. The van der Waals surface area contributed by atoms with Gasteiger partial charge in [-0.05, 0) is 36.4 Å². The van der Waals surface area contributed by atoms with E-state index in [2.05, 4.69) is 10.2 Å². The Morgan fingerprint density at radius 1 is 0.964 bits per heavy atom. The van der Waals surface area contributed by atoms with Crippen LogP contribution < -0.4 is 10.1 Å². The molecule has 1 fully saturated rings. The van der Waals surface area contributed by atoms with E-state index in [-0.39, 0.29) is 11.8 Å². The van der Waals surface area contributed by atoms with Crippen molar-refractivity contribution >= 4 is 23.4 Å². The summed E-state index contributed by atoms with van der Waals surface area (Å²) in [5, 5.41) is 3.48. The first-order valence-corrected chi connectivity index (χ1v) is 9.71. The Kier molecular flexibility index (Phi) is 7.28. The minimum atomic E-state index is -0.0332. The molecule has 148 valence electrons. The number of ether oxygens (including phenoxy) is 1. The van der Waals surface area contributed by atoms with Gasteiger partial charge >= 0.3 is 0 Å². The van der Waals surface area contributed by atoms with Crippen molar-refractivity contribution in [3.05, 3.63) is 65.2 Å². The second-order valence-electron chi connectivity index (χ2n) is 6.59. The molecule has 0 bridgehead atoms. The van der Waals surface area contributed by atoms with E-state index in [1.165, 1.54) is 0 Å². The molecule has 0 saturated carbocycles. The lowest BCUT2D eigenvalue weighted by atomic mass is 10.2. The van der Waals surface area contributed by atoms with Crippen molar-refractivity contribution in [2.45, 2.75) is 0 Å². The molecule has 0 aromatic heterocycles. The molecular formula is C21H24ClN3O3. The van der Waals surface area contributed by atoms with Gasteiger partial charge in [0.25, 0.3) is 5.91 Å². The zero-order valence-corrected chi connectivity index (χ0v) is 16.4. The van der Waals surface area contributed by atoms with Crippen molar-refractivity contribution in [2.75, 3.05) is 45.9 Å². The van der Waals surface area contributed by atoms with E-state index in [4.69, 9.17) is 16.3 Å². The lowest BCUT2D eigenvalue weighted by molar-refractivity contribution is -0.122. The van der Waals surface area contributed by atoms with E-state index in [9.17, 15) is 9.59 Å². The van der Waals surface area contributed by atoms with Gasteiger partial charge < -0.3 is 15.0 Å². The van der Waals surface area contributed by atoms with Gasteiger partial charge in [0, 0.05) is 36.8 Å². The van der Waals surface area contributed by atoms with Crippen LogP contribution in [0.25, 0.3) is 0 Å². The number of rotatable bonds is 7. The molecule has 0 atom stereocenters. The van der Waals surface area contributed by atoms with Gasteiger partial charge in [-0.25, -0.2) is 0 Å². The third-order valence-electron chi connectivity index (χ3n) is 4.55. The largest absolute Gasteiger partial charge is 0.492 e. The monoisotopic (exact) mass is 401 g/mol. The third kappa shape index (κ3) is 5.97. The number of nitrogens with zero attached hydrogens (tertiary/aromatic N) is 2. The van der Waals surface area contributed by atoms with Gasteiger partial charge in [0.1, 0.15) is 12.4 Å². The molecule has 1 aliphatic heterocycles. The molecule has 28 heavy (non-hydrogen) atoms. The summed E-state index contributed by atoms with van der Waals surface area (Å²) in [4.78, 5) is 28.5. The van der Waals surface area contributed by atoms with Crippen molar-refractivity contribution in [1.82, 2.24) is 15.1 Å². The summed E-state index contributed by atoms with van der Waals surface area (Å²) in [6.07, 6.45) is 0. The molecule has 2 amide bonds. The Labute approximate surface area is 170 Å². The van der Waals surface area contributed by atoms with Crippen molar-refractivity contribution < 1.29 is 14.3 Å². The maximum absolute atomic E-state index is 12.5. The summed E-state index contributed by atoms with van der Waals surface area (Å²) in [6, 6.07) is 16.4. The van der Waals surface area contributed by atoms with Crippen molar-refractivity contribution in [3.8, 4) is 5.75 Å². The number of hydrogen-bond acceptors (Lipinski definition) is 4. The number of nitrogens with one attached hydrogen (secondary N) is 1. The number of amides is 2. The molecule has 1 heterocycles. The predicted molar refractivity (Wildman–Crippen MR) is 109 cm³/mol. The smallest absolute Gasteiger partial charge is 0.253 e. The summed E-state index contributed by atoms with van der Waals surface area (Å²) in [6.45, 7) is 3.77. The first-order chi connectivity index (χ1) is 13.6. The first kappa shape index (κ1) is 20.2. The molecule has 1 aliphatic rings. The quantitative estimate of drug-likeness (QED) is 0.723. The minimum absolute atomic E-state index is 0.00108. The number of halogens is 1.